The fourth-order valence-corrected chi connectivity index (χ4v) is 7.14. The topological polar surface area (TPSA) is 83.5 Å². The summed E-state index contributed by atoms with van der Waals surface area (Å²) in [5, 5.41) is 0. The Morgan fingerprint density at radius 2 is 1.28 bits per heavy atom. The van der Waals surface area contributed by atoms with E-state index in [1.54, 1.807) is 0 Å². The lowest BCUT2D eigenvalue weighted by molar-refractivity contribution is -0.160. The van der Waals surface area contributed by atoms with Gasteiger partial charge in [-0.1, -0.05) is 123 Å². The minimum Gasteiger partial charge on any atom is -0.465 e. The van der Waals surface area contributed by atoms with E-state index in [-0.39, 0.29) is 31.5 Å². The van der Waals surface area contributed by atoms with Gasteiger partial charge in [-0.25, -0.2) is 4.79 Å². The number of unbranched alkanes of at least 4 members (excludes halogenated alkanes) is 8. The van der Waals surface area contributed by atoms with Crippen LogP contribution in [-0.4, -0.2) is 76.0 Å². The standard InChI is InChI=1S/C46H85NO7/c1-6-11-15-18-20-23-35-50-45(51-36-24-21-19-16-12-7-2)33-32-44(48)52-39-43(30-25-29-41(27-14-9-4)28-22-17-13-8-3)40-54-46(49)53-38-42-31-26-34-47(10-5)37-42/h11-12,15-16,41-43,45H,6-10,13-14,17-40H2,1-5H3/b15-11-,16-12-. The maximum atomic E-state index is 13.1. The first-order valence-electron chi connectivity index (χ1n) is 22.7. The minimum absolute atomic E-state index is 0.0644. The predicted molar refractivity (Wildman–Crippen MR) is 224 cm³/mol. The molecule has 1 aliphatic rings. The lowest BCUT2D eigenvalue weighted by Crippen LogP contribution is -2.37. The van der Waals surface area contributed by atoms with Crippen LogP contribution in [0.1, 0.15) is 182 Å². The Bertz CT molecular complexity index is 901. The van der Waals surface area contributed by atoms with E-state index in [2.05, 4.69) is 63.8 Å². The lowest BCUT2D eigenvalue weighted by atomic mass is 9.89. The highest BCUT2D eigenvalue weighted by Crippen LogP contribution is 2.25. The molecular weight excluding hydrogens is 679 g/mol. The third kappa shape index (κ3) is 29.4. The predicted octanol–water partition coefficient (Wildman–Crippen LogP) is 12.4. The van der Waals surface area contributed by atoms with Crippen molar-refractivity contribution in [3.63, 3.8) is 0 Å². The van der Waals surface area contributed by atoms with Crippen LogP contribution in [0.5, 0.6) is 0 Å². The average Bonchev–Trinajstić information content (AvgIpc) is 3.19. The summed E-state index contributed by atoms with van der Waals surface area (Å²) in [5.41, 5.74) is 0. The minimum atomic E-state index is -0.614. The molecule has 0 aliphatic carbocycles. The highest BCUT2D eigenvalue weighted by atomic mass is 16.7. The second-order valence-corrected chi connectivity index (χ2v) is 15.6. The summed E-state index contributed by atoms with van der Waals surface area (Å²) in [6.07, 6.45) is 32.3. The molecule has 3 unspecified atom stereocenters. The number of piperidine rings is 1. The Morgan fingerprint density at radius 1 is 0.648 bits per heavy atom. The number of rotatable bonds is 36. The van der Waals surface area contributed by atoms with Crippen LogP contribution >= 0.6 is 0 Å². The molecule has 54 heavy (non-hydrogen) atoms. The van der Waals surface area contributed by atoms with E-state index in [0.717, 1.165) is 109 Å². The van der Waals surface area contributed by atoms with Gasteiger partial charge in [0.05, 0.1) is 19.6 Å². The molecule has 0 spiro atoms. The van der Waals surface area contributed by atoms with Gasteiger partial charge in [0.2, 0.25) is 0 Å². The van der Waals surface area contributed by atoms with Gasteiger partial charge in [0.1, 0.15) is 6.61 Å². The van der Waals surface area contributed by atoms with Gasteiger partial charge >= 0.3 is 12.1 Å². The number of carbonyl (C=O) groups is 2. The van der Waals surface area contributed by atoms with Gasteiger partial charge in [-0.2, -0.15) is 0 Å². The number of esters is 1. The van der Waals surface area contributed by atoms with Crippen molar-refractivity contribution >= 4 is 12.1 Å². The normalized spacial score (nSPS) is 16.4. The van der Waals surface area contributed by atoms with Gasteiger partial charge in [0, 0.05) is 38.0 Å². The molecule has 1 heterocycles. The van der Waals surface area contributed by atoms with E-state index >= 15 is 0 Å². The maximum Gasteiger partial charge on any atom is 0.508 e. The average molecular weight is 764 g/mol. The van der Waals surface area contributed by atoms with Gasteiger partial charge in [0.25, 0.3) is 0 Å². The van der Waals surface area contributed by atoms with E-state index in [9.17, 15) is 9.59 Å². The molecule has 0 N–H and O–H groups in total. The largest absolute Gasteiger partial charge is 0.508 e. The van der Waals surface area contributed by atoms with E-state index in [0.29, 0.717) is 32.2 Å². The van der Waals surface area contributed by atoms with E-state index in [1.807, 2.05) is 0 Å². The van der Waals surface area contributed by atoms with Crippen LogP contribution in [0, 0.1) is 17.8 Å². The van der Waals surface area contributed by atoms with Crippen LogP contribution in [0.4, 0.5) is 4.79 Å². The third-order valence-electron chi connectivity index (χ3n) is 10.6. The van der Waals surface area contributed by atoms with Crippen molar-refractivity contribution in [1.82, 2.24) is 4.90 Å². The summed E-state index contributed by atoms with van der Waals surface area (Å²) in [6, 6.07) is 0. The van der Waals surface area contributed by atoms with Crippen molar-refractivity contribution in [1.29, 1.82) is 0 Å². The highest BCUT2D eigenvalue weighted by Gasteiger charge is 2.22. The second-order valence-electron chi connectivity index (χ2n) is 15.6. The number of allylic oxidation sites excluding steroid dienone is 4. The van der Waals surface area contributed by atoms with Gasteiger partial charge < -0.3 is 28.6 Å². The van der Waals surface area contributed by atoms with Crippen LogP contribution in [0.15, 0.2) is 24.3 Å². The fraction of sp³-hybridized carbons (Fsp3) is 0.870. The molecule has 0 saturated carbocycles. The van der Waals surface area contributed by atoms with Gasteiger partial charge in [-0.15, -0.1) is 0 Å². The molecule has 0 aromatic carbocycles. The summed E-state index contributed by atoms with van der Waals surface area (Å²) in [4.78, 5) is 28.1. The Labute approximate surface area is 332 Å². The molecule has 0 aromatic heterocycles. The fourth-order valence-electron chi connectivity index (χ4n) is 7.14. The molecular formula is C46H85NO7. The molecule has 1 aliphatic heterocycles. The lowest BCUT2D eigenvalue weighted by Gasteiger charge is -2.31. The van der Waals surface area contributed by atoms with Crippen LogP contribution in [0.2, 0.25) is 0 Å². The highest BCUT2D eigenvalue weighted by molar-refractivity contribution is 5.69. The maximum absolute atomic E-state index is 13.1. The zero-order valence-electron chi connectivity index (χ0n) is 35.8. The molecule has 3 atom stereocenters. The third-order valence-corrected chi connectivity index (χ3v) is 10.6. The monoisotopic (exact) mass is 764 g/mol. The first kappa shape index (κ1) is 50.1. The second kappa shape index (κ2) is 36.7. The van der Waals surface area contributed by atoms with E-state index < -0.39 is 12.4 Å². The van der Waals surface area contributed by atoms with Gasteiger partial charge in [0.15, 0.2) is 6.29 Å². The molecule has 316 valence electrons. The molecule has 1 rings (SSSR count). The van der Waals surface area contributed by atoms with Gasteiger partial charge in [-0.05, 0) is 89.6 Å². The smallest absolute Gasteiger partial charge is 0.465 e. The number of ether oxygens (including phenoxy) is 5. The zero-order valence-corrected chi connectivity index (χ0v) is 35.8. The van der Waals surface area contributed by atoms with Crippen molar-refractivity contribution in [3.05, 3.63) is 24.3 Å². The molecule has 0 amide bonds. The van der Waals surface area contributed by atoms with Crippen LogP contribution < -0.4 is 0 Å². The van der Waals surface area contributed by atoms with Crippen molar-refractivity contribution < 1.29 is 33.3 Å². The van der Waals surface area contributed by atoms with Crippen molar-refractivity contribution in [3.8, 4) is 0 Å². The first-order valence-corrected chi connectivity index (χ1v) is 22.7. The molecule has 0 aromatic rings. The number of hydrogen-bond donors (Lipinski definition) is 0. The first-order chi connectivity index (χ1) is 26.4. The van der Waals surface area contributed by atoms with E-state index in [4.69, 9.17) is 23.7 Å². The molecule has 8 heteroatoms. The summed E-state index contributed by atoms with van der Waals surface area (Å²) in [5.74, 6) is 0.754. The molecule has 0 bridgehead atoms. The summed E-state index contributed by atoms with van der Waals surface area (Å²) >= 11 is 0. The summed E-state index contributed by atoms with van der Waals surface area (Å²) in [7, 11) is 0. The quantitative estimate of drug-likeness (QED) is 0.0270. The Hall–Kier alpha value is -1.90. The summed E-state index contributed by atoms with van der Waals surface area (Å²) < 4.78 is 29.3. The molecule has 1 fully saturated rings. The van der Waals surface area contributed by atoms with Crippen molar-refractivity contribution in [2.75, 3.05) is 52.7 Å². The van der Waals surface area contributed by atoms with Crippen LogP contribution in [0.3, 0.4) is 0 Å². The molecule has 0 radical (unpaired) electrons. The number of hydrogen-bond acceptors (Lipinski definition) is 8. The molecule has 8 nitrogen and oxygen atoms in total. The van der Waals surface area contributed by atoms with Gasteiger partial charge in [-0.3, -0.25) is 4.79 Å². The Balaban J connectivity index is 2.70. The zero-order chi connectivity index (χ0) is 39.3. The molecule has 1 saturated heterocycles. The van der Waals surface area contributed by atoms with Crippen LogP contribution in [0.25, 0.3) is 0 Å². The Morgan fingerprint density at radius 3 is 1.93 bits per heavy atom. The number of nitrogens with zero attached hydrogens (tertiary/aromatic N) is 1. The summed E-state index contributed by atoms with van der Waals surface area (Å²) in [6.45, 7) is 16.2. The Kier molecular flexibility index (Phi) is 34.1. The number of likely N-dealkylation sites (tertiary alicyclic amines) is 1. The van der Waals surface area contributed by atoms with Crippen LogP contribution in [-0.2, 0) is 28.5 Å². The number of carbonyl (C=O) groups excluding carboxylic acids is 2. The van der Waals surface area contributed by atoms with E-state index in [1.165, 1.54) is 51.4 Å². The van der Waals surface area contributed by atoms with Crippen molar-refractivity contribution in [2.45, 2.75) is 189 Å². The van der Waals surface area contributed by atoms with Crippen molar-refractivity contribution in [2.24, 2.45) is 17.8 Å². The SMILES string of the molecule is CC/C=C\CCCCOC(CCC(=O)OCC(CCCC(CCCC)CCCCCC)COC(=O)OCC1CCCN(CC)C1)OCCCC/C=C\CC.